The summed E-state index contributed by atoms with van der Waals surface area (Å²) in [6.45, 7) is 4.14. The van der Waals surface area contributed by atoms with E-state index in [2.05, 4.69) is 4.98 Å². The van der Waals surface area contributed by atoms with Crippen LogP contribution in [0.5, 0.6) is 5.75 Å². The molecule has 0 N–H and O–H groups in total. The summed E-state index contributed by atoms with van der Waals surface area (Å²) in [6.07, 6.45) is 1.87. The number of hydrogen-bond acceptors (Lipinski definition) is 4. The molecule has 0 saturated heterocycles. The molecule has 3 heterocycles. The molecule has 0 saturated carbocycles. The van der Waals surface area contributed by atoms with Crippen molar-refractivity contribution in [2.45, 2.75) is 20.4 Å². The van der Waals surface area contributed by atoms with E-state index in [1.165, 1.54) is 9.13 Å². The molecule has 0 spiro atoms. The van der Waals surface area contributed by atoms with Crippen molar-refractivity contribution in [1.82, 2.24) is 23.1 Å². The van der Waals surface area contributed by atoms with Gasteiger partial charge in [0.1, 0.15) is 5.75 Å². The summed E-state index contributed by atoms with van der Waals surface area (Å²) >= 11 is 0. The Balaban J connectivity index is 1.78. The van der Waals surface area contributed by atoms with Crippen LogP contribution in [0.15, 0.2) is 64.3 Å². The van der Waals surface area contributed by atoms with E-state index >= 15 is 0 Å². The van der Waals surface area contributed by atoms with Crippen molar-refractivity contribution >= 4 is 16.9 Å². The molecule has 0 radical (unpaired) electrons. The lowest BCUT2D eigenvalue weighted by Crippen LogP contribution is -2.39. The average molecular weight is 429 g/mol. The first-order valence-corrected chi connectivity index (χ1v) is 10.3. The van der Waals surface area contributed by atoms with Crippen molar-refractivity contribution in [3.63, 3.8) is 0 Å². The van der Waals surface area contributed by atoms with Gasteiger partial charge in [-0.3, -0.25) is 22.9 Å². The van der Waals surface area contributed by atoms with Crippen molar-refractivity contribution in [3.8, 4) is 11.4 Å². The molecule has 0 aliphatic heterocycles. The van der Waals surface area contributed by atoms with Crippen molar-refractivity contribution in [3.05, 3.63) is 92.4 Å². The predicted molar refractivity (Wildman–Crippen MR) is 123 cm³/mol. The van der Waals surface area contributed by atoms with Crippen LogP contribution >= 0.6 is 0 Å². The third kappa shape index (κ3) is 2.95. The van der Waals surface area contributed by atoms with Crippen LogP contribution in [0, 0.1) is 13.8 Å². The molecule has 0 atom stereocenters. The minimum atomic E-state index is -0.394. The van der Waals surface area contributed by atoms with E-state index in [1.807, 2.05) is 73.1 Å². The van der Waals surface area contributed by atoms with Gasteiger partial charge in [-0.05, 0) is 31.5 Å². The molecular weight excluding hydrogens is 406 g/mol. The lowest BCUT2D eigenvalue weighted by Gasteiger charge is -2.09. The van der Waals surface area contributed by atoms with E-state index in [0.717, 1.165) is 28.3 Å². The molecule has 3 aromatic heterocycles. The number of methoxy groups -OCH3 is 1. The molecule has 5 rings (SSSR count). The number of rotatable bonds is 4. The molecule has 2 aromatic carbocycles. The van der Waals surface area contributed by atoms with Crippen LogP contribution in [-0.2, 0) is 13.6 Å². The summed E-state index contributed by atoms with van der Waals surface area (Å²) in [6, 6.07) is 15.4. The topological polar surface area (TPSA) is 75.5 Å². The Morgan fingerprint density at radius 3 is 2.56 bits per heavy atom. The Hall–Kier alpha value is -4.07. The molecule has 0 bridgehead atoms. The van der Waals surface area contributed by atoms with Gasteiger partial charge in [0.05, 0.1) is 19.3 Å². The summed E-state index contributed by atoms with van der Waals surface area (Å²) in [4.78, 5) is 31.2. The molecule has 0 unspecified atom stereocenters. The van der Waals surface area contributed by atoms with Crippen LogP contribution in [0.2, 0.25) is 0 Å². The number of nitrogens with zero attached hydrogens (tertiary/aromatic N) is 5. The lowest BCUT2D eigenvalue weighted by atomic mass is 10.1. The van der Waals surface area contributed by atoms with Crippen LogP contribution in [0.1, 0.15) is 16.8 Å². The van der Waals surface area contributed by atoms with Gasteiger partial charge in [0.2, 0.25) is 5.78 Å². The second-order valence-corrected chi connectivity index (χ2v) is 7.98. The SMILES string of the molecule is COc1cccc(-n2c(C)cn3c4c(=O)n(Cc5cccc(C)c5)c(=O)n(C)c4nc23)c1. The fourth-order valence-corrected chi connectivity index (χ4v) is 4.21. The maximum atomic E-state index is 13.5. The number of benzene rings is 2. The highest BCUT2D eigenvalue weighted by Gasteiger charge is 2.21. The number of ether oxygens (including phenoxy) is 1. The van der Waals surface area contributed by atoms with Crippen LogP contribution in [-0.4, -0.2) is 30.2 Å². The first-order valence-electron chi connectivity index (χ1n) is 10.3. The molecular formula is C24H23N5O3. The highest BCUT2D eigenvalue weighted by Crippen LogP contribution is 2.23. The standard InChI is InChI=1S/C24H23N5O3/c1-15-7-5-8-17(11-15)14-28-22(30)20-21(26(3)24(28)31)25-23-27(20)13-16(2)29(23)18-9-6-10-19(12-18)32-4/h5-13H,14H2,1-4H3. The van der Waals surface area contributed by atoms with Gasteiger partial charge >= 0.3 is 5.69 Å². The van der Waals surface area contributed by atoms with Crippen LogP contribution in [0.25, 0.3) is 22.6 Å². The van der Waals surface area contributed by atoms with Gasteiger partial charge in [-0.15, -0.1) is 0 Å². The van der Waals surface area contributed by atoms with Gasteiger partial charge in [0.15, 0.2) is 11.2 Å². The first-order chi connectivity index (χ1) is 15.4. The molecule has 8 heteroatoms. The Labute approximate surface area is 183 Å². The minimum absolute atomic E-state index is 0.200. The van der Waals surface area contributed by atoms with Gasteiger partial charge < -0.3 is 4.74 Å². The zero-order valence-corrected chi connectivity index (χ0v) is 18.4. The molecule has 5 aromatic rings. The third-order valence-electron chi connectivity index (χ3n) is 5.76. The van der Waals surface area contributed by atoms with Gasteiger partial charge in [0, 0.05) is 25.0 Å². The minimum Gasteiger partial charge on any atom is -0.497 e. The highest BCUT2D eigenvalue weighted by molar-refractivity contribution is 5.76. The first kappa shape index (κ1) is 19.9. The van der Waals surface area contributed by atoms with Gasteiger partial charge in [-0.1, -0.05) is 35.9 Å². The van der Waals surface area contributed by atoms with Gasteiger partial charge in [0.25, 0.3) is 5.56 Å². The van der Waals surface area contributed by atoms with Crippen LogP contribution in [0.3, 0.4) is 0 Å². The Morgan fingerprint density at radius 2 is 1.81 bits per heavy atom. The molecule has 0 fully saturated rings. The normalized spacial score (nSPS) is 11.5. The van der Waals surface area contributed by atoms with E-state index in [9.17, 15) is 9.59 Å². The number of aromatic nitrogens is 5. The smallest absolute Gasteiger partial charge is 0.332 e. The second-order valence-electron chi connectivity index (χ2n) is 7.98. The van der Waals surface area contributed by atoms with E-state index in [1.54, 1.807) is 18.6 Å². The number of imidazole rings is 2. The van der Waals surface area contributed by atoms with Gasteiger partial charge in [-0.2, -0.15) is 4.98 Å². The third-order valence-corrected chi connectivity index (χ3v) is 5.76. The fourth-order valence-electron chi connectivity index (χ4n) is 4.21. The Morgan fingerprint density at radius 1 is 1.03 bits per heavy atom. The zero-order valence-electron chi connectivity index (χ0n) is 18.4. The van der Waals surface area contributed by atoms with E-state index in [0.29, 0.717) is 16.9 Å². The lowest BCUT2D eigenvalue weighted by molar-refractivity contribution is 0.414. The summed E-state index contributed by atoms with van der Waals surface area (Å²) in [7, 11) is 3.26. The summed E-state index contributed by atoms with van der Waals surface area (Å²) in [5, 5.41) is 0. The Bertz CT molecular complexity index is 1620. The summed E-state index contributed by atoms with van der Waals surface area (Å²) in [5.41, 5.74) is 3.71. The quantitative estimate of drug-likeness (QED) is 0.440. The molecule has 0 aliphatic carbocycles. The van der Waals surface area contributed by atoms with E-state index < -0.39 is 5.69 Å². The maximum absolute atomic E-state index is 13.5. The monoisotopic (exact) mass is 429 g/mol. The molecule has 0 amide bonds. The van der Waals surface area contributed by atoms with Gasteiger partial charge in [-0.25, -0.2) is 4.79 Å². The van der Waals surface area contributed by atoms with Crippen molar-refractivity contribution in [1.29, 1.82) is 0 Å². The fraction of sp³-hybridized carbons (Fsp3) is 0.208. The molecule has 162 valence electrons. The van der Waals surface area contributed by atoms with E-state index in [4.69, 9.17) is 4.74 Å². The maximum Gasteiger partial charge on any atom is 0.332 e. The zero-order chi connectivity index (χ0) is 22.6. The van der Waals surface area contributed by atoms with Crippen molar-refractivity contribution < 1.29 is 4.74 Å². The number of fused-ring (bicyclic) bond motifs is 3. The summed E-state index contributed by atoms with van der Waals surface area (Å²) < 4.78 is 11.8. The second kappa shape index (κ2) is 7.26. The Kier molecular flexibility index (Phi) is 4.51. The van der Waals surface area contributed by atoms with Crippen LogP contribution < -0.4 is 16.0 Å². The predicted octanol–water partition coefficient (Wildman–Crippen LogP) is 2.81. The number of hydrogen-bond donors (Lipinski definition) is 0. The average Bonchev–Trinajstić information content (AvgIpc) is 3.29. The summed E-state index contributed by atoms with van der Waals surface area (Å²) in [5.74, 6) is 1.28. The van der Waals surface area contributed by atoms with Crippen LogP contribution in [0.4, 0.5) is 0 Å². The highest BCUT2D eigenvalue weighted by atomic mass is 16.5. The largest absolute Gasteiger partial charge is 0.497 e. The molecule has 0 aliphatic rings. The number of aryl methyl sites for hydroxylation is 3. The van der Waals surface area contributed by atoms with E-state index in [-0.39, 0.29) is 12.1 Å². The van der Waals surface area contributed by atoms with Crippen molar-refractivity contribution in [2.75, 3.05) is 7.11 Å². The molecule has 32 heavy (non-hydrogen) atoms. The molecule has 8 nitrogen and oxygen atoms in total. The van der Waals surface area contributed by atoms with Crippen molar-refractivity contribution in [2.24, 2.45) is 7.05 Å².